The third kappa shape index (κ3) is 3.65. The Kier molecular flexibility index (Phi) is 4.67. The van der Waals surface area contributed by atoms with Crippen molar-refractivity contribution in [3.8, 4) is 5.75 Å². The molecule has 114 valence electrons. The van der Waals surface area contributed by atoms with Gasteiger partial charge in [0.05, 0.1) is 12.3 Å². The van der Waals surface area contributed by atoms with Crippen LogP contribution in [0.25, 0.3) is 0 Å². The maximum atomic E-state index is 12.1. The molecule has 0 heterocycles. The van der Waals surface area contributed by atoms with Gasteiger partial charge in [-0.2, -0.15) is 0 Å². The number of nitrogen functional groups attached to an aromatic ring is 1. The molecule has 1 saturated carbocycles. The summed E-state index contributed by atoms with van der Waals surface area (Å²) in [6.07, 6.45) is 2.03. The monoisotopic (exact) mass is 292 g/mol. The molecule has 0 bridgehead atoms. The number of ether oxygens (including phenoxy) is 2. The van der Waals surface area contributed by atoms with Gasteiger partial charge in [0.25, 0.3) is 5.91 Å². The molecule has 0 saturated heterocycles. The summed E-state index contributed by atoms with van der Waals surface area (Å²) in [4.78, 5) is 25.5. The van der Waals surface area contributed by atoms with Gasteiger partial charge in [-0.3, -0.25) is 4.79 Å². The van der Waals surface area contributed by atoms with Crippen LogP contribution in [0.4, 0.5) is 5.69 Å². The summed E-state index contributed by atoms with van der Waals surface area (Å²) < 4.78 is 10.4. The first-order valence-electron chi connectivity index (χ1n) is 6.98. The maximum Gasteiger partial charge on any atom is 0.342 e. The lowest BCUT2D eigenvalue weighted by atomic mass is 10.2. The summed E-state index contributed by atoms with van der Waals surface area (Å²) in [7, 11) is 1.72. The standard InChI is InChI=1S/C15H20N2O4/c1-3-20-14-11(5-4-6-12(14)16)15(19)21-9-13(18)17(2)10-7-8-10/h4-6,10H,3,7-9,16H2,1-2H3. The number of carbonyl (C=O) groups excluding carboxylic acids is 2. The summed E-state index contributed by atoms with van der Waals surface area (Å²) in [6.45, 7) is 1.92. The van der Waals surface area contributed by atoms with E-state index in [0.717, 1.165) is 12.8 Å². The van der Waals surface area contributed by atoms with E-state index in [0.29, 0.717) is 24.1 Å². The fraction of sp³-hybridized carbons (Fsp3) is 0.467. The van der Waals surface area contributed by atoms with Crippen molar-refractivity contribution in [2.45, 2.75) is 25.8 Å². The average molecular weight is 292 g/mol. The lowest BCUT2D eigenvalue weighted by Crippen LogP contribution is -2.32. The quantitative estimate of drug-likeness (QED) is 0.634. The van der Waals surface area contributed by atoms with E-state index in [4.69, 9.17) is 15.2 Å². The van der Waals surface area contributed by atoms with Gasteiger partial charge in [-0.05, 0) is 31.9 Å². The molecule has 21 heavy (non-hydrogen) atoms. The van der Waals surface area contributed by atoms with Gasteiger partial charge in [-0.25, -0.2) is 4.79 Å². The van der Waals surface area contributed by atoms with E-state index in [9.17, 15) is 9.59 Å². The van der Waals surface area contributed by atoms with Crippen molar-refractivity contribution in [3.05, 3.63) is 23.8 Å². The number of nitrogens with two attached hydrogens (primary N) is 1. The molecule has 6 nitrogen and oxygen atoms in total. The number of benzene rings is 1. The number of esters is 1. The van der Waals surface area contributed by atoms with E-state index < -0.39 is 5.97 Å². The van der Waals surface area contributed by atoms with E-state index in [1.807, 2.05) is 0 Å². The van der Waals surface area contributed by atoms with Crippen LogP contribution in [0, 0.1) is 0 Å². The number of likely N-dealkylation sites (N-methyl/N-ethyl adjacent to an activating group) is 1. The molecule has 1 aliphatic carbocycles. The molecule has 0 aromatic heterocycles. The molecule has 0 radical (unpaired) electrons. The minimum atomic E-state index is -0.608. The van der Waals surface area contributed by atoms with Crippen LogP contribution in [0.5, 0.6) is 5.75 Å². The summed E-state index contributed by atoms with van der Waals surface area (Å²) >= 11 is 0. The summed E-state index contributed by atoms with van der Waals surface area (Å²) in [6, 6.07) is 5.15. The van der Waals surface area contributed by atoms with Crippen molar-refractivity contribution >= 4 is 17.6 Å². The first-order valence-corrected chi connectivity index (χ1v) is 6.98. The molecule has 1 amide bonds. The number of amides is 1. The Bertz CT molecular complexity index is 540. The van der Waals surface area contributed by atoms with Gasteiger partial charge >= 0.3 is 5.97 Å². The van der Waals surface area contributed by atoms with Crippen molar-refractivity contribution in [2.24, 2.45) is 0 Å². The molecule has 0 atom stereocenters. The number of hydrogen-bond donors (Lipinski definition) is 1. The SMILES string of the molecule is CCOc1c(N)cccc1C(=O)OCC(=O)N(C)C1CC1. The predicted octanol–water partition coefficient (Wildman–Crippen LogP) is 1.45. The van der Waals surface area contributed by atoms with Crippen LogP contribution in [-0.4, -0.2) is 43.1 Å². The Morgan fingerprint density at radius 2 is 2.10 bits per heavy atom. The van der Waals surface area contributed by atoms with Crippen LogP contribution in [-0.2, 0) is 9.53 Å². The fourth-order valence-electron chi connectivity index (χ4n) is 1.99. The summed E-state index contributed by atoms with van der Waals surface area (Å²) in [5.41, 5.74) is 6.39. The lowest BCUT2D eigenvalue weighted by molar-refractivity contribution is -0.133. The smallest absolute Gasteiger partial charge is 0.342 e. The van der Waals surface area contributed by atoms with Crippen molar-refractivity contribution in [1.29, 1.82) is 0 Å². The summed E-state index contributed by atoms with van der Waals surface area (Å²) in [5.74, 6) is -0.510. The predicted molar refractivity (Wildman–Crippen MR) is 78.1 cm³/mol. The molecule has 0 unspecified atom stereocenters. The van der Waals surface area contributed by atoms with Crippen LogP contribution >= 0.6 is 0 Å². The number of anilines is 1. The molecular formula is C15H20N2O4. The zero-order chi connectivity index (χ0) is 15.4. The highest BCUT2D eigenvalue weighted by molar-refractivity contribution is 5.95. The zero-order valence-corrected chi connectivity index (χ0v) is 12.3. The number of nitrogens with zero attached hydrogens (tertiary/aromatic N) is 1. The summed E-state index contributed by atoms with van der Waals surface area (Å²) in [5, 5.41) is 0. The third-order valence-electron chi connectivity index (χ3n) is 3.37. The Balaban J connectivity index is 1.99. The van der Waals surface area contributed by atoms with E-state index >= 15 is 0 Å². The van der Waals surface area contributed by atoms with Crippen molar-refractivity contribution in [1.82, 2.24) is 4.90 Å². The molecule has 2 N–H and O–H groups in total. The molecule has 0 spiro atoms. The highest BCUT2D eigenvalue weighted by atomic mass is 16.5. The second-order valence-corrected chi connectivity index (χ2v) is 4.97. The second-order valence-electron chi connectivity index (χ2n) is 4.97. The largest absolute Gasteiger partial charge is 0.491 e. The first-order chi connectivity index (χ1) is 10.0. The molecule has 6 heteroatoms. The maximum absolute atomic E-state index is 12.1. The van der Waals surface area contributed by atoms with E-state index in [1.165, 1.54) is 0 Å². The van der Waals surface area contributed by atoms with E-state index in [-0.39, 0.29) is 18.1 Å². The van der Waals surface area contributed by atoms with Crippen molar-refractivity contribution in [2.75, 3.05) is 26.0 Å². The van der Waals surface area contributed by atoms with Crippen LogP contribution in [0.2, 0.25) is 0 Å². The van der Waals surface area contributed by atoms with E-state index in [2.05, 4.69) is 0 Å². The Morgan fingerprint density at radius 1 is 1.38 bits per heavy atom. The topological polar surface area (TPSA) is 81.9 Å². The molecule has 1 aliphatic rings. The van der Waals surface area contributed by atoms with Gasteiger partial charge in [0.15, 0.2) is 12.4 Å². The van der Waals surface area contributed by atoms with Crippen molar-refractivity contribution < 1.29 is 19.1 Å². The van der Waals surface area contributed by atoms with Gasteiger partial charge < -0.3 is 20.1 Å². The normalized spacial score (nSPS) is 13.6. The Morgan fingerprint density at radius 3 is 2.71 bits per heavy atom. The third-order valence-corrected chi connectivity index (χ3v) is 3.37. The van der Waals surface area contributed by atoms with Gasteiger partial charge in [0.2, 0.25) is 0 Å². The minimum Gasteiger partial charge on any atom is -0.491 e. The van der Waals surface area contributed by atoms with Crippen LogP contribution in [0.1, 0.15) is 30.1 Å². The molecule has 1 aromatic rings. The van der Waals surface area contributed by atoms with Crippen LogP contribution in [0.3, 0.4) is 0 Å². The molecule has 0 aliphatic heterocycles. The van der Waals surface area contributed by atoms with Crippen molar-refractivity contribution in [3.63, 3.8) is 0 Å². The lowest BCUT2D eigenvalue weighted by Gasteiger charge is -2.16. The number of rotatable bonds is 6. The number of para-hydroxylation sites is 1. The highest BCUT2D eigenvalue weighted by Crippen LogP contribution is 2.27. The van der Waals surface area contributed by atoms with Gasteiger partial charge in [0, 0.05) is 13.1 Å². The number of hydrogen-bond acceptors (Lipinski definition) is 5. The fourth-order valence-corrected chi connectivity index (χ4v) is 1.99. The second kappa shape index (κ2) is 6.47. The number of carbonyl (C=O) groups is 2. The Labute approximate surface area is 123 Å². The van der Waals surface area contributed by atoms with Crippen LogP contribution < -0.4 is 10.5 Å². The molecular weight excluding hydrogens is 272 g/mol. The Hall–Kier alpha value is -2.24. The average Bonchev–Trinajstić information content (AvgIpc) is 3.30. The van der Waals surface area contributed by atoms with Gasteiger partial charge in [-0.15, -0.1) is 0 Å². The van der Waals surface area contributed by atoms with E-state index in [1.54, 1.807) is 37.1 Å². The molecule has 1 fully saturated rings. The van der Waals surface area contributed by atoms with Crippen LogP contribution in [0.15, 0.2) is 18.2 Å². The van der Waals surface area contributed by atoms with Gasteiger partial charge in [0.1, 0.15) is 5.56 Å². The highest BCUT2D eigenvalue weighted by Gasteiger charge is 2.30. The van der Waals surface area contributed by atoms with Gasteiger partial charge in [-0.1, -0.05) is 6.07 Å². The molecule has 1 aromatic carbocycles. The first kappa shape index (κ1) is 15.2. The molecule has 2 rings (SSSR count). The zero-order valence-electron chi connectivity index (χ0n) is 12.3. The minimum absolute atomic E-state index is 0.201.